The molecule has 0 heterocycles. The van der Waals surface area contributed by atoms with Gasteiger partial charge in [-0.1, -0.05) is 76.6 Å². The quantitative estimate of drug-likeness (QED) is 0.434. The summed E-state index contributed by atoms with van der Waals surface area (Å²) < 4.78 is 0. The molecule has 0 saturated heterocycles. The van der Waals surface area contributed by atoms with E-state index >= 15 is 0 Å². The maximum Gasteiger partial charge on any atom is 0.00632 e. The molecule has 0 N–H and O–H groups in total. The van der Waals surface area contributed by atoms with Gasteiger partial charge < -0.3 is 0 Å². The number of hydrogen-bond acceptors (Lipinski definition) is 0. The van der Waals surface area contributed by atoms with Crippen molar-refractivity contribution in [3.8, 4) is 0 Å². The van der Waals surface area contributed by atoms with Crippen LogP contribution in [-0.4, -0.2) is 0 Å². The third kappa shape index (κ3) is 5.23. The first-order valence-electron chi connectivity index (χ1n) is 9.27. The molecule has 0 bridgehead atoms. The van der Waals surface area contributed by atoms with Crippen molar-refractivity contribution in [3.05, 3.63) is 70.9 Å². The lowest BCUT2D eigenvalue weighted by Crippen LogP contribution is -1.94. The fourth-order valence-corrected chi connectivity index (χ4v) is 3.05. The Labute approximate surface area is 145 Å². The molecule has 3 aliphatic rings. The lowest BCUT2D eigenvalue weighted by atomic mass is 9.96. The van der Waals surface area contributed by atoms with Gasteiger partial charge in [0.15, 0.2) is 0 Å². The van der Waals surface area contributed by atoms with Gasteiger partial charge in [-0.05, 0) is 55.4 Å². The van der Waals surface area contributed by atoms with E-state index in [1.807, 2.05) is 33.8 Å². The summed E-state index contributed by atoms with van der Waals surface area (Å²) in [6, 6.07) is 0. The van der Waals surface area contributed by atoms with Crippen LogP contribution in [0.2, 0.25) is 0 Å². The lowest BCUT2D eigenvalue weighted by Gasteiger charge is -2.08. The number of rotatable bonds is 1. The Morgan fingerprint density at radius 2 is 1.70 bits per heavy atom. The topological polar surface area (TPSA) is 0 Å². The summed E-state index contributed by atoms with van der Waals surface area (Å²) in [4.78, 5) is 0. The van der Waals surface area contributed by atoms with Crippen molar-refractivity contribution in [2.75, 3.05) is 0 Å². The van der Waals surface area contributed by atoms with Crippen LogP contribution < -0.4 is 0 Å². The second-order valence-corrected chi connectivity index (χ2v) is 5.36. The second kappa shape index (κ2) is 11.9. The van der Waals surface area contributed by atoms with Gasteiger partial charge in [-0.2, -0.15) is 0 Å². The Hall–Kier alpha value is -1.56. The van der Waals surface area contributed by atoms with Crippen molar-refractivity contribution in [2.24, 2.45) is 5.92 Å². The van der Waals surface area contributed by atoms with Crippen LogP contribution in [0, 0.1) is 5.92 Å². The normalized spacial score (nSPS) is 25.0. The van der Waals surface area contributed by atoms with Crippen LogP contribution in [0.15, 0.2) is 70.9 Å². The fraction of sp³-hybridized carbons (Fsp3) is 0.478. The van der Waals surface area contributed by atoms with Crippen LogP contribution >= 0.6 is 0 Å². The minimum atomic E-state index is 0.724. The summed E-state index contributed by atoms with van der Waals surface area (Å²) in [6.07, 6.45) is 16.6. The van der Waals surface area contributed by atoms with Gasteiger partial charge in [-0.25, -0.2) is 0 Å². The monoisotopic (exact) mass is 312 g/mol. The Kier molecular flexibility index (Phi) is 11.1. The van der Waals surface area contributed by atoms with E-state index in [4.69, 9.17) is 0 Å². The average Bonchev–Trinajstić information content (AvgIpc) is 3.09. The smallest absolute Gasteiger partial charge is 0.00632 e. The second-order valence-electron chi connectivity index (χ2n) is 5.36. The van der Waals surface area contributed by atoms with E-state index in [0.717, 1.165) is 12.3 Å². The zero-order chi connectivity index (χ0) is 17.8. The van der Waals surface area contributed by atoms with Gasteiger partial charge in [0.25, 0.3) is 0 Å². The molecular weight excluding hydrogens is 276 g/mol. The van der Waals surface area contributed by atoms with Crippen LogP contribution in [0.3, 0.4) is 0 Å². The van der Waals surface area contributed by atoms with E-state index in [1.54, 1.807) is 16.7 Å². The van der Waals surface area contributed by atoms with E-state index < -0.39 is 0 Å². The van der Waals surface area contributed by atoms with Crippen LogP contribution in [0.4, 0.5) is 0 Å². The summed E-state index contributed by atoms with van der Waals surface area (Å²) in [5.74, 6) is 0.724. The maximum atomic E-state index is 3.48. The van der Waals surface area contributed by atoms with Gasteiger partial charge in [0.1, 0.15) is 0 Å². The highest BCUT2D eigenvalue weighted by atomic mass is 14.4. The molecule has 0 aromatic heterocycles. The molecule has 0 aromatic rings. The van der Waals surface area contributed by atoms with E-state index in [0.29, 0.717) is 0 Å². The summed E-state index contributed by atoms with van der Waals surface area (Å²) in [5.41, 5.74) is 7.77. The summed E-state index contributed by atoms with van der Waals surface area (Å²) in [7, 11) is 0. The van der Waals surface area contributed by atoms with E-state index in [-0.39, 0.29) is 0 Å². The van der Waals surface area contributed by atoms with E-state index in [9.17, 15) is 0 Å². The van der Waals surface area contributed by atoms with Crippen molar-refractivity contribution in [1.82, 2.24) is 0 Å². The van der Waals surface area contributed by atoms with Crippen LogP contribution in [0.1, 0.15) is 67.7 Å². The predicted molar refractivity (Wildman–Crippen MR) is 108 cm³/mol. The first-order chi connectivity index (χ1) is 11.2. The highest BCUT2D eigenvalue weighted by molar-refractivity contribution is 5.64. The Morgan fingerprint density at radius 3 is 2.26 bits per heavy atom. The standard InChI is InChI=1S/C15H16.C4H8.2C2H6/c1-10-11(2)14-9-8-12-6-4-3-5-7-13(10)15(12)14;1-3-4-2;2*1-2/h3-7,14H,8-9H2,1-2H3;3H,1,4H2,2H3;2*1-2H3/b4-3?,5-3-,6-4-,7-5?,12-6?,13-7-;;;. The summed E-state index contributed by atoms with van der Waals surface area (Å²) in [5, 5.41) is 0. The SMILES string of the molecule is C=CCC.CC.CC.CC1=C(C)C2CCC3=C2C\1=C/C=C\C=C/3. The largest absolute Gasteiger partial charge is 0.103 e. The third-order valence-electron chi connectivity index (χ3n) is 4.28. The molecule has 0 amide bonds. The van der Waals surface area contributed by atoms with Crippen LogP contribution in [-0.2, 0) is 0 Å². The predicted octanol–water partition coefficient (Wildman–Crippen LogP) is 7.73. The minimum Gasteiger partial charge on any atom is -0.103 e. The molecule has 0 aromatic carbocycles. The molecule has 0 nitrogen and oxygen atoms in total. The van der Waals surface area contributed by atoms with Gasteiger partial charge in [0.2, 0.25) is 0 Å². The molecule has 0 spiro atoms. The summed E-state index contributed by atoms with van der Waals surface area (Å²) >= 11 is 0. The van der Waals surface area contributed by atoms with Crippen LogP contribution in [0.25, 0.3) is 0 Å². The Bertz CT molecular complexity index is 518. The number of allylic oxidation sites excluding steroid dienone is 11. The third-order valence-corrected chi connectivity index (χ3v) is 4.28. The van der Waals surface area contributed by atoms with Gasteiger partial charge in [-0.3, -0.25) is 0 Å². The highest BCUT2D eigenvalue weighted by Crippen LogP contribution is 2.50. The molecule has 3 rings (SSSR count). The van der Waals surface area contributed by atoms with E-state index in [1.165, 1.54) is 24.0 Å². The van der Waals surface area contributed by atoms with Gasteiger partial charge in [0.05, 0.1) is 0 Å². The molecule has 0 aliphatic heterocycles. The molecule has 128 valence electrons. The zero-order valence-electron chi connectivity index (χ0n) is 16.4. The minimum absolute atomic E-state index is 0.724. The van der Waals surface area contributed by atoms with Crippen molar-refractivity contribution in [3.63, 3.8) is 0 Å². The maximum absolute atomic E-state index is 3.48. The molecule has 1 atom stereocenters. The Balaban J connectivity index is 0.000000523. The van der Waals surface area contributed by atoms with Gasteiger partial charge in [0, 0.05) is 5.92 Å². The Morgan fingerprint density at radius 1 is 1.09 bits per heavy atom. The van der Waals surface area contributed by atoms with Crippen molar-refractivity contribution < 1.29 is 0 Å². The molecule has 3 aliphatic carbocycles. The number of hydrogen-bond donors (Lipinski definition) is 0. The van der Waals surface area contributed by atoms with Gasteiger partial charge >= 0.3 is 0 Å². The van der Waals surface area contributed by atoms with Crippen molar-refractivity contribution >= 4 is 0 Å². The fourth-order valence-electron chi connectivity index (χ4n) is 3.05. The molecule has 0 saturated carbocycles. The van der Waals surface area contributed by atoms with Gasteiger partial charge in [-0.15, -0.1) is 6.58 Å². The van der Waals surface area contributed by atoms with Crippen LogP contribution in [0.5, 0.6) is 0 Å². The summed E-state index contributed by atoms with van der Waals surface area (Å²) in [6.45, 7) is 18.1. The molecule has 0 fully saturated rings. The van der Waals surface area contributed by atoms with E-state index in [2.05, 4.69) is 57.7 Å². The van der Waals surface area contributed by atoms with Crippen molar-refractivity contribution in [1.29, 1.82) is 0 Å². The molecular formula is C23H36. The first-order valence-corrected chi connectivity index (χ1v) is 9.27. The molecule has 1 unspecified atom stereocenters. The molecule has 23 heavy (non-hydrogen) atoms. The van der Waals surface area contributed by atoms with Crippen molar-refractivity contribution in [2.45, 2.75) is 67.7 Å². The average molecular weight is 313 g/mol. The lowest BCUT2D eigenvalue weighted by molar-refractivity contribution is 0.718. The molecule has 0 radical (unpaired) electrons. The zero-order valence-corrected chi connectivity index (χ0v) is 16.4. The molecule has 0 heteroatoms. The first kappa shape index (κ1) is 21.4. The highest BCUT2D eigenvalue weighted by Gasteiger charge is 2.34.